The van der Waals surface area contributed by atoms with Gasteiger partial charge in [-0.2, -0.15) is 0 Å². The van der Waals surface area contributed by atoms with Crippen molar-refractivity contribution in [3.8, 4) is 17.4 Å². The summed E-state index contributed by atoms with van der Waals surface area (Å²) in [6.45, 7) is 0.482. The van der Waals surface area contributed by atoms with Crippen molar-refractivity contribution >= 4 is 10.9 Å². The van der Waals surface area contributed by atoms with Gasteiger partial charge in [-0.1, -0.05) is 42.5 Å². The van der Waals surface area contributed by atoms with Crippen LogP contribution in [0.2, 0.25) is 0 Å². The van der Waals surface area contributed by atoms with Crippen LogP contribution in [0.15, 0.2) is 85.2 Å². The smallest absolute Gasteiger partial charge is 0.220 e. The lowest BCUT2D eigenvalue weighted by Gasteiger charge is -2.12. The van der Waals surface area contributed by atoms with E-state index in [4.69, 9.17) is 9.47 Å². The first-order chi connectivity index (χ1) is 12.4. The quantitative estimate of drug-likeness (QED) is 0.517. The van der Waals surface area contributed by atoms with E-state index < -0.39 is 0 Å². The number of nitrogens with zero attached hydrogens (tertiary/aromatic N) is 2. The summed E-state index contributed by atoms with van der Waals surface area (Å²) in [6, 6.07) is 23.4. The van der Waals surface area contributed by atoms with E-state index in [1.165, 1.54) is 0 Å². The summed E-state index contributed by atoms with van der Waals surface area (Å²) in [5.74, 6) is 1.82. The van der Waals surface area contributed by atoms with Crippen molar-refractivity contribution in [3.63, 3.8) is 0 Å². The molecule has 0 N–H and O–H groups in total. The minimum absolute atomic E-state index is 0.482. The lowest BCUT2D eigenvalue weighted by atomic mass is 10.2. The van der Waals surface area contributed by atoms with Gasteiger partial charge in [0.25, 0.3) is 0 Å². The molecule has 4 nitrogen and oxygen atoms in total. The Balaban J connectivity index is 1.55. The highest BCUT2D eigenvalue weighted by Gasteiger charge is 2.07. The van der Waals surface area contributed by atoms with Crippen LogP contribution >= 0.6 is 0 Å². The highest BCUT2D eigenvalue weighted by Crippen LogP contribution is 2.31. The first kappa shape index (κ1) is 15.1. The number of benzene rings is 2. The number of hydrogen-bond donors (Lipinski definition) is 0. The van der Waals surface area contributed by atoms with E-state index in [2.05, 4.69) is 9.97 Å². The Morgan fingerprint density at radius 1 is 0.760 bits per heavy atom. The third-order valence-corrected chi connectivity index (χ3v) is 3.77. The summed E-state index contributed by atoms with van der Waals surface area (Å²) in [5, 5.41) is 1.02. The van der Waals surface area contributed by atoms with E-state index in [0.717, 1.165) is 16.5 Å². The van der Waals surface area contributed by atoms with E-state index in [0.29, 0.717) is 24.0 Å². The van der Waals surface area contributed by atoms with E-state index in [9.17, 15) is 0 Å². The molecule has 0 saturated carbocycles. The largest absolute Gasteiger partial charge is 0.485 e. The topological polar surface area (TPSA) is 44.2 Å². The van der Waals surface area contributed by atoms with Crippen LogP contribution in [-0.4, -0.2) is 9.97 Å². The van der Waals surface area contributed by atoms with Gasteiger partial charge in [0.1, 0.15) is 6.61 Å². The molecule has 4 aromatic rings. The zero-order valence-corrected chi connectivity index (χ0v) is 13.5. The van der Waals surface area contributed by atoms with Crippen LogP contribution in [0.4, 0.5) is 0 Å². The van der Waals surface area contributed by atoms with Gasteiger partial charge in [-0.15, -0.1) is 0 Å². The van der Waals surface area contributed by atoms with Crippen molar-refractivity contribution in [2.24, 2.45) is 0 Å². The Morgan fingerprint density at radius 2 is 1.56 bits per heavy atom. The molecule has 0 atom stereocenters. The van der Waals surface area contributed by atoms with Crippen molar-refractivity contribution in [2.45, 2.75) is 6.61 Å². The standard InChI is InChI=1S/C21H16N2O2/c1-2-6-16(7-3-1)15-24-19-8-4-5-9-20(19)25-21-11-10-17-12-13-22-14-18(17)23-21/h1-14H,15H2. The number of hydrogen-bond acceptors (Lipinski definition) is 4. The third-order valence-electron chi connectivity index (χ3n) is 3.77. The molecule has 4 rings (SSSR count). The number of para-hydroxylation sites is 2. The van der Waals surface area contributed by atoms with Crippen molar-refractivity contribution in [1.82, 2.24) is 9.97 Å². The van der Waals surface area contributed by atoms with E-state index in [1.807, 2.05) is 72.8 Å². The average Bonchev–Trinajstić information content (AvgIpc) is 2.68. The SMILES string of the molecule is c1ccc(COc2ccccc2Oc2ccc3ccncc3n2)cc1. The van der Waals surface area contributed by atoms with Gasteiger partial charge in [-0.3, -0.25) is 4.98 Å². The molecular weight excluding hydrogens is 312 g/mol. The monoisotopic (exact) mass is 328 g/mol. The summed E-state index contributed by atoms with van der Waals surface area (Å²) in [6.07, 6.45) is 3.47. The molecular formula is C21H16N2O2. The maximum atomic E-state index is 5.94. The zero-order chi connectivity index (χ0) is 16.9. The van der Waals surface area contributed by atoms with Crippen molar-refractivity contribution < 1.29 is 9.47 Å². The minimum Gasteiger partial charge on any atom is -0.485 e. The third kappa shape index (κ3) is 3.58. The Labute approximate surface area is 145 Å². The first-order valence-corrected chi connectivity index (χ1v) is 8.03. The van der Waals surface area contributed by atoms with Crippen LogP contribution in [0.5, 0.6) is 17.4 Å². The molecule has 4 heteroatoms. The van der Waals surface area contributed by atoms with E-state index in [-0.39, 0.29) is 0 Å². The molecule has 0 unspecified atom stereocenters. The Kier molecular flexibility index (Phi) is 4.25. The minimum atomic E-state index is 0.482. The maximum absolute atomic E-state index is 5.94. The van der Waals surface area contributed by atoms with Crippen molar-refractivity contribution in [3.05, 3.63) is 90.8 Å². The molecule has 25 heavy (non-hydrogen) atoms. The summed E-state index contributed by atoms with van der Waals surface area (Å²) in [7, 11) is 0. The lowest BCUT2D eigenvalue weighted by Crippen LogP contribution is -1.97. The second-order valence-electron chi connectivity index (χ2n) is 5.54. The first-order valence-electron chi connectivity index (χ1n) is 8.03. The fraction of sp³-hybridized carbons (Fsp3) is 0.0476. The van der Waals surface area contributed by atoms with Gasteiger partial charge in [0.15, 0.2) is 11.5 Å². The molecule has 0 aliphatic carbocycles. The summed E-state index contributed by atoms with van der Waals surface area (Å²) < 4.78 is 11.9. The molecule has 0 spiro atoms. The highest BCUT2D eigenvalue weighted by molar-refractivity contribution is 5.77. The van der Waals surface area contributed by atoms with Crippen LogP contribution in [0, 0.1) is 0 Å². The molecule has 0 amide bonds. The van der Waals surface area contributed by atoms with Crippen LogP contribution in [-0.2, 0) is 6.61 Å². The van der Waals surface area contributed by atoms with Gasteiger partial charge in [-0.25, -0.2) is 4.98 Å². The lowest BCUT2D eigenvalue weighted by molar-refractivity contribution is 0.290. The highest BCUT2D eigenvalue weighted by atomic mass is 16.5. The summed E-state index contributed by atoms with van der Waals surface area (Å²) in [5.41, 5.74) is 1.90. The summed E-state index contributed by atoms with van der Waals surface area (Å²) in [4.78, 5) is 8.59. The second-order valence-corrected chi connectivity index (χ2v) is 5.54. The predicted molar refractivity (Wildman–Crippen MR) is 96.8 cm³/mol. The normalized spacial score (nSPS) is 10.6. The fourth-order valence-electron chi connectivity index (χ4n) is 2.51. The van der Waals surface area contributed by atoms with Crippen LogP contribution in [0.25, 0.3) is 10.9 Å². The molecule has 0 fully saturated rings. The van der Waals surface area contributed by atoms with Gasteiger partial charge in [-0.05, 0) is 29.8 Å². The Bertz CT molecular complexity index is 987. The van der Waals surface area contributed by atoms with Gasteiger partial charge < -0.3 is 9.47 Å². The number of pyridine rings is 2. The maximum Gasteiger partial charge on any atom is 0.220 e. The van der Waals surface area contributed by atoms with Crippen LogP contribution < -0.4 is 9.47 Å². The molecule has 122 valence electrons. The number of aromatic nitrogens is 2. The average molecular weight is 328 g/mol. The molecule has 0 bridgehead atoms. The predicted octanol–water partition coefficient (Wildman–Crippen LogP) is 5.00. The second kappa shape index (κ2) is 7.01. The number of fused-ring (bicyclic) bond motifs is 1. The molecule has 2 aromatic heterocycles. The summed E-state index contributed by atoms with van der Waals surface area (Å²) >= 11 is 0. The van der Waals surface area contributed by atoms with Crippen LogP contribution in [0.1, 0.15) is 5.56 Å². The molecule has 0 radical (unpaired) electrons. The fourth-order valence-corrected chi connectivity index (χ4v) is 2.51. The van der Waals surface area contributed by atoms with Gasteiger partial charge in [0.05, 0.1) is 11.7 Å². The van der Waals surface area contributed by atoms with Crippen molar-refractivity contribution in [1.29, 1.82) is 0 Å². The molecule has 2 aromatic carbocycles. The number of rotatable bonds is 5. The zero-order valence-electron chi connectivity index (χ0n) is 13.5. The van der Waals surface area contributed by atoms with Crippen LogP contribution in [0.3, 0.4) is 0 Å². The Hall–Kier alpha value is -3.40. The molecule has 0 aliphatic heterocycles. The van der Waals surface area contributed by atoms with Gasteiger partial charge in [0.2, 0.25) is 5.88 Å². The van der Waals surface area contributed by atoms with Gasteiger partial charge >= 0.3 is 0 Å². The van der Waals surface area contributed by atoms with Crippen molar-refractivity contribution in [2.75, 3.05) is 0 Å². The molecule has 0 aliphatic rings. The van der Waals surface area contributed by atoms with E-state index in [1.54, 1.807) is 12.4 Å². The van der Waals surface area contributed by atoms with E-state index >= 15 is 0 Å². The molecule has 0 saturated heterocycles. The Morgan fingerprint density at radius 3 is 2.44 bits per heavy atom. The molecule has 2 heterocycles. The number of ether oxygens (including phenoxy) is 2. The van der Waals surface area contributed by atoms with Gasteiger partial charge in [0, 0.05) is 17.6 Å².